The molecule has 3 aromatic carbocycles. The quantitative estimate of drug-likeness (QED) is 0.574. The van der Waals surface area contributed by atoms with Crippen LogP contribution in [-0.4, -0.2) is 17.4 Å². The minimum absolute atomic E-state index is 0.176. The van der Waals surface area contributed by atoms with Gasteiger partial charge in [0, 0.05) is 12.1 Å². The van der Waals surface area contributed by atoms with E-state index < -0.39 is 5.54 Å². The van der Waals surface area contributed by atoms with Gasteiger partial charge in [-0.25, -0.2) is 0 Å². The standard InChI is InChI=1S/C26H21NO/c1-17-13-14-19-23(16-17)26-21-11-6-5-10-20(21)25(28)27(26)15-7-12-22(26)24(19)18-8-3-2-4-9-18/h2-6,8-11,13-14,16H,7,12,15H2,1H3. The minimum Gasteiger partial charge on any atom is -0.321 e. The summed E-state index contributed by atoms with van der Waals surface area (Å²) in [7, 11) is 0. The van der Waals surface area contributed by atoms with Crippen LogP contribution in [0.2, 0.25) is 0 Å². The minimum atomic E-state index is -0.432. The normalized spacial score (nSPS) is 22.0. The van der Waals surface area contributed by atoms with Crippen molar-refractivity contribution in [2.24, 2.45) is 0 Å². The van der Waals surface area contributed by atoms with Crippen molar-refractivity contribution in [2.75, 3.05) is 6.54 Å². The van der Waals surface area contributed by atoms with Crippen LogP contribution in [0, 0.1) is 6.92 Å². The molecule has 136 valence electrons. The van der Waals surface area contributed by atoms with Gasteiger partial charge < -0.3 is 4.90 Å². The third-order valence-electron chi connectivity index (χ3n) is 6.64. The lowest BCUT2D eigenvalue weighted by molar-refractivity contribution is 0.0634. The SMILES string of the molecule is Cc1ccc2c(c1)C13C(=C2c2ccccc2)CCCN1C(=O)c1ccccc13. The Hall–Kier alpha value is -3.13. The molecule has 28 heavy (non-hydrogen) atoms. The summed E-state index contributed by atoms with van der Waals surface area (Å²) < 4.78 is 0. The summed E-state index contributed by atoms with van der Waals surface area (Å²) in [6.45, 7) is 2.96. The number of amides is 1. The number of nitrogens with zero attached hydrogens (tertiary/aromatic N) is 1. The second-order valence-electron chi connectivity index (χ2n) is 8.08. The fourth-order valence-electron chi connectivity index (χ4n) is 5.65. The third kappa shape index (κ3) is 1.76. The van der Waals surface area contributed by atoms with E-state index in [9.17, 15) is 4.79 Å². The Morgan fingerprint density at radius 3 is 2.50 bits per heavy atom. The van der Waals surface area contributed by atoms with Gasteiger partial charge in [0.1, 0.15) is 5.54 Å². The number of aryl methyl sites for hydroxylation is 1. The number of piperidine rings is 1. The van der Waals surface area contributed by atoms with E-state index in [0.717, 1.165) is 30.5 Å². The Bertz CT molecular complexity index is 1170. The van der Waals surface area contributed by atoms with Gasteiger partial charge in [0.15, 0.2) is 0 Å². The topological polar surface area (TPSA) is 20.3 Å². The van der Waals surface area contributed by atoms with Gasteiger partial charge >= 0.3 is 0 Å². The molecule has 2 heterocycles. The Balaban J connectivity index is 1.78. The number of carbonyl (C=O) groups excluding carboxylic acids is 1. The Kier molecular flexibility index (Phi) is 3.09. The molecule has 2 nitrogen and oxygen atoms in total. The molecule has 2 aliphatic heterocycles. The number of rotatable bonds is 1. The molecule has 3 aliphatic rings. The summed E-state index contributed by atoms with van der Waals surface area (Å²) in [5, 5.41) is 0. The number of hydrogen-bond acceptors (Lipinski definition) is 1. The van der Waals surface area contributed by atoms with Crippen LogP contribution in [0.3, 0.4) is 0 Å². The van der Waals surface area contributed by atoms with Crippen molar-refractivity contribution in [3.63, 3.8) is 0 Å². The smallest absolute Gasteiger partial charge is 0.255 e. The molecule has 1 fully saturated rings. The molecule has 0 saturated carbocycles. The molecule has 1 spiro atoms. The van der Waals surface area contributed by atoms with Crippen molar-refractivity contribution in [3.05, 3.63) is 112 Å². The predicted molar refractivity (Wildman–Crippen MR) is 111 cm³/mol. The molecule has 0 radical (unpaired) electrons. The van der Waals surface area contributed by atoms with E-state index in [4.69, 9.17) is 0 Å². The Morgan fingerprint density at radius 1 is 0.857 bits per heavy atom. The van der Waals surface area contributed by atoms with Gasteiger partial charge in [0.2, 0.25) is 0 Å². The van der Waals surface area contributed by atoms with Gasteiger partial charge in [-0.15, -0.1) is 0 Å². The maximum Gasteiger partial charge on any atom is 0.255 e. The van der Waals surface area contributed by atoms with E-state index in [2.05, 4.69) is 72.5 Å². The molecule has 1 saturated heterocycles. The summed E-state index contributed by atoms with van der Waals surface area (Å²) in [5.41, 5.74) is 9.35. The lowest BCUT2D eigenvalue weighted by Crippen LogP contribution is -2.48. The molecule has 0 N–H and O–H groups in total. The van der Waals surface area contributed by atoms with E-state index in [1.54, 1.807) is 0 Å². The van der Waals surface area contributed by atoms with Crippen LogP contribution in [0.5, 0.6) is 0 Å². The van der Waals surface area contributed by atoms with E-state index in [-0.39, 0.29) is 5.91 Å². The first-order chi connectivity index (χ1) is 13.7. The number of hydrogen-bond donors (Lipinski definition) is 0. The van der Waals surface area contributed by atoms with Crippen molar-refractivity contribution in [1.82, 2.24) is 4.90 Å². The maximum atomic E-state index is 13.4. The molecule has 1 amide bonds. The first-order valence-electron chi connectivity index (χ1n) is 10.0. The zero-order chi connectivity index (χ0) is 18.9. The third-order valence-corrected chi connectivity index (χ3v) is 6.64. The lowest BCUT2D eigenvalue weighted by Gasteiger charge is -2.43. The van der Waals surface area contributed by atoms with Crippen LogP contribution in [0.25, 0.3) is 5.57 Å². The highest BCUT2D eigenvalue weighted by Crippen LogP contribution is 2.60. The molecule has 3 aromatic rings. The molecule has 1 unspecified atom stereocenters. The van der Waals surface area contributed by atoms with Gasteiger partial charge in [-0.1, -0.05) is 72.3 Å². The van der Waals surface area contributed by atoms with Gasteiger partial charge in [-0.05, 0) is 59.2 Å². The van der Waals surface area contributed by atoms with Crippen molar-refractivity contribution in [3.8, 4) is 0 Å². The van der Waals surface area contributed by atoms with Crippen LogP contribution >= 0.6 is 0 Å². The highest BCUT2D eigenvalue weighted by Gasteiger charge is 2.58. The van der Waals surface area contributed by atoms with Crippen molar-refractivity contribution < 1.29 is 4.79 Å². The van der Waals surface area contributed by atoms with Gasteiger partial charge in [0.25, 0.3) is 5.91 Å². The van der Waals surface area contributed by atoms with Gasteiger partial charge in [-0.3, -0.25) is 4.79 Å². The summed E-state index contributed by atoms with van der Waals surface area (Å²) in [4.78, 5) is 15.6. The van der Waals surface area contributed by atoms with Crippen molar-refractivity contribution in [1.29, 1.82) is 0 Å². The molecular weight excluding hydrogens is 342 g/mol. The fourth-order valence-corrected chi connectivity index (χ4v) is 5.65. The van der Waals surface area contributed by atoms with E-state index in [1.807, 2.05) is 12.1 Å². The Morgan fingerprint density at radius 2 is 1.64 bits per heavy atom. The van der Waals surface area contributed by atoms with E-state index in [0.29, 0.717) is 0 Å². The molecule has 1 aliphatic carbocycles. The summed E-state index contributed by atoms with van der Waals surface area (Å²) >= 11 is 0. The lowest BCUT2D eigenvalue weighted by atomic mass is 9.75. The Labute approximate surface area is 165 Å². The average molecular weight is 363 g/mol. The summed E-state index contributed by atoms with van der Waals surface area (Å²) in [6.07, 6.45) is 2.04. The largest absolute Gasteiger partial charge is 0.321 e. The first kappa shape index (κ1) is 15.9. The highest BCUT2D eigenvalue weighted by atomic mass is 16.2. The van der Waals surface area contributed by atoms with Crippen molar-refractivity contribution in [2.45, 2.75) is 25.3 Å². The van der Waals surface area contributed by atoms with Crippen LogP contribution in [0.4, 0.5) is 0 Å². The fraction of sp³-hybridized carbons (Fsp3) is 0.192. The first-order valence-corrected chi connectivity index (χ1v) is 10.0. The van der Waals surface area contributed by atoms with E-state index in [1.165, 1.54) is 33.4 Å². The predicted octanol–water partition coefficient (Wildman–Crippen LogP) is 5.30. The second-order valence-corrected chi connectivity index (χ2v) is 8.08. The van der Waals surface area contributed by atoms with Crippen LogP contribution in [0.1, 0.15) is 51.0 Å². The molecule has 0 aromatic heterocycles. The van der Waals surface area contributed by atoms with E-state index >= 15 is 0 Å². The average Bonchev–Trinajstić information content (AvgIpc) is 3.18. The molecular formula is C26H21NO. The zero-order valence-electron chi connectivity index (χ0n) is 15.9. The van der Waals surface area contributed by atoms with Crippen LogP contribution < -0.4 is 0 Å². The highest BCUT2D eigenvalue weighted by molar-refractivity contribution is 6.05. The second kappa shape index (κ2) is 5.45. The molecule has 6 rings (SSSR count). The monoisotopic (exact) mass is 363 g/mol. The molecule has 0 bridgehead atoms. The zero-order valence-corrected chi connectivity index (χ0v) is 15.9. The number of benzene rings is 3. The maximum absolute atomic E-state index is 13.4. The van der Waals surface area contributed by atoms with Crippen molar-refractivity contribution >= 4 is 11.5 Å². The van der Waals surface area contributed by atoms with Crippen LogP contribution in [-0.2, 0) is 5.54 Å². The van der Waals surface area contributed by atoms with Gasteiger partial charge in [-0.2, -0.15) is 0 Å². The molecule has 2 heteroatoms. The number of carbonyl (C=O) groups is 1. The molecule has 1 atom stereocenters. The summed E-state index contributed by atoms with van der Waals surface area (Å²) in [6, 6.07) is 25.7. The summed E-state index contributed by atoms with van der Waals surface area (Å²) in [5.74, 6) is 0.176. The van der Waals surface area contributed by atoms with Gasteiger partial charge in [0.05, 0.1) is 0 Å². The number of fused-ring (bicyclic) bond motifs is 2. The van der Waals surface area contributed by atoms with Crippen LogP contribution in [0.15, 0.2) is 78.4 Å².